The first-order valence-corrected chi connectivity index (χ1v) is 7.74. The van der Waals surface area contributed by atoms with Gasteiger partial charge in [0.15, 0.2) is 11.5 Å². The third-order valence-corrected chi connectivity index (χ3v) is 3.45. The summed E-state index contributed by atoms with van der Waals surface area (Å²) in [5, 5.41) is 2.81. The van der Waals surface area contributed by atoms with Crippen LogP contribution in [0.25, 0.3) is 0 Å². The van der Waals surface area contributed by atoms with Gasteiger partial charge in [0.2, 0.25) is 11.8 Å². The van der Waals surface area contributed by atoms with Crippen molar-refractivity contribution in [3.8, 4) is 11.5 Å². The van der Waals surface area contributed by atoms with Gasteiger partial charge in [0, 0.05) is 33.0 Å². The third kappa shape index (κ3) is 6.18. The highest BCUT2D eigenvalue weighted by molar-refractivity contribution is 5.78. The van der Waals surface area contributed by atoms with Crippen LogP contribution in [-0.4, -0.2) is 44.0 Å². The molecule has 2 amide bonds. The molecule has 1 N–H and O–H groups in total. The number of nitrogens with one attached hydrogen (secondary N) is 1. The Morgan fingerprint density at radius 3 is 2.43 bits per heavy atom. The lowest BCUT2D eigenvalue weighted by molar-refractivity contribution is -0.130. The highest BCUT2D eigenvalue weighted by Crippen LogP contribution is 2.28. The van der Waals surface area contributed by atoms with Crippen molar-refractivity contribution in [1.82, 2.24) is 10.2 Å². The van der Waals surface area contributed by atoms with E-state index in [1.165, 1.54) is 6.92 Å². The van der Waals surface area contributed by atoms with Gasteiger partial charge in [0.25, 0.3) is 0 Å². The standard InChI is InChI=1S/C17H26N2O4/c1-5-9-18-17(21)8-10-19(13(2)20)12-14-6-7-15(22-3)16(11-14)23-4/h6-7,11H,5,8-10,12H2,1-4H3,(H,18,21). The van der Waals surface area contributed by atoms with Crippen LogP contribution in [0.1, 0.15) is 32.3 Å². The Bertz CT molecular complexity index is 531. The minimum Gasteiger partial charge on any atom is -0.493 e. The van der Waals surface area contributed by atoms with Crippen LogP contribution >= 0.6 is 0 Å². The normalized spacial score (nSPS) is 10.1. The summed E-state index contributed by atoms with van der Waals surface area (Å²) >= 11 is 0. The van der Waals surface area contributed by atoms with Crippen LogP contribution in [0.4, 0.5) is 0 Å². The molecule has 0 heterocycles. The van der Waals surface area contributed by atoms with E-state index in [-0.39, 0.29) is 11.8 Å². The van der Waals surface area contributed by atoms with Crippen LogP contribution < -0.4 is 14.8 Å². The molecule has 0 aliphatic rings. The molecular formula is C17H26N2O4. The maximum atomic E-state index is 11.8. The second kappa shape index (κ2) is 9.71. The van der Waals surface area contributed by atoms with Crippen molar-refractivity contribution >= 4 is 11.8 Å². The molecule has 6 nitrogen and oxygen atoms in total. The number of hydrogen-bond acceptors (Lipinski definition) is 4. The predicted molar refractivity (Wildman–Crippen MR) is 88.6 cm³/mol. The minimum absolute atomic E-state index is 0.0367. The fraction of sp³-hybridized carbons (Fsp3) is 0.529. The Hall–Kier alpha value is -2.24. The van der Waals surface area contributed by atoms with Crippen molar-refractivity contribution in [2.45, 2.75) is 33.2 Å². The average Bonchev–Trinajstić information content (AvgIpc) is 2.55. The quantitative estimate of drug-likeness (QED) is 0.755. The van der Waals surface area contributed by atoms with E-state index >= 15 is 0 Å². The second-order valence-electron chi connectivity index (χ2n) is 5.23. The molecule has 0 saturated heterocycles. The van der Waals surface area contributed by atoms with E-state index in [0.29, 0.717) is 37.6 Å². The molecule has 0 bridgehead atoms. The molecule has 0 atom stereocenters. The Morgan fingerprint density at radius 1 is 1.17 bits per heavy atom. The molecule has 23 heavy (non-hydrogen) atoms. The lowest BCUT2D eigenvalue weighted by atomic mass is 10.1. The highest BCUT2D eigenvalue weighted by Gasteiger charge is 2.13. The zero-order valence-electron chi connectivity index (χ0n) is 14.3. The lowest BCUT2D eigenvalue weighted by Gasteiger charge is -2.21. The van der Waals surface area contributed by atoms with Gasteiger partial charge < -0.3 is 19.7 Å². The Labute approximate surface area is 137 Å². The first-order valence-electron chi connectivity index (χ1n) is 7.74. The summed E-state index contributed by atoms with van der Waals surface area (Å²) in [6.07, 6.45) is 1.20. The van der Waals surface area contributed by atoms with E-state index < -0.39 is 0 Å². The number of amides is 2. The SMILES string of the molecule is CCCNC(=O)CCN(Cc1ccc(OC)c(OC)c1)C(C)=O. The van der Waals surface area contributed by atoms with E-state index in [1.807, 2.05) is 19.1 Å². The van der Waals surface area contributed by atoms with Crippen LogP contribution in [-0.2, 0) is 16.1 Å². The van der Waals surface area contributed by atoms with E-state index in [0.717, 1.165) is 12.0 Å². The maximum Gasteiger partial charge on any atom is 0.221 e. The molecule has 0 aliphatic carbocycles. The number of hydrogen-bond donors (Lipinski definition) is 1. The van der Waals surface area contributed by atoms with E-state index in [9.17, 15) is 9.59 Å². The largest absolute Gasteiger partial charge is 0.493 e. The molecule has 0 aliphatic heterocycles. The second-order valence-corrected chi connectivity index (χ2v) is 5.23. The zero-order valence-corrected chi connectivity index (χ0v) is 14.3. The molecule has 0 spiro atoms. The number of carbonyl (C=O) groups is 2. The minimum atomic E-state index is -0.0666. The number of benzene rings is 1. The lowest BCUT2D eigenvalue weighted by Crippen LogP contribution is -2.33. The first kappa shape index (κ1) is 18.8. The van der Waals surface area contributed by atoms with Gasteiger partial charge >= 0.3 is 0 Å². The van der Waals surface area contributed by atoms with Crippen LogP contribution in [0.3, 0.4) is 0 Å². The molecule has 1 aromatic carbocycles. The highest BCUT2D eigenvalue weighted by atomic mass is 16.5. The summed E-state index contributed by atoms with van der Waals surface area (Å²) < 4.78 is 10.5. The topological polar surface area (TPSA) is 67.9 Å². The van der Waals surface area contributed by atoms with Gasteiger partial charge in [-0.1, -0.05) is 13.0 Å². The van der Waals surface area contributed by atoms with Crippen LogP contribution in [0.2, 0.25) is 0 Å². The number of methoxy groups -OCH3 is 2. The average molecular weight is 322 g/mol. The molecule has 6 heteroatoms. The Balaban J connectivity index is 2.69. The zero-order chi connectivity index (χ0) is 17.2. The molecule has 1 aromatic rings. The van der Waals surface area contributed by atoms with Gasteiger partial charge in [-0.05, 0) is 24.1 Å². The summed E-state index contributed by atoms with van der Waals surface area (Å²) in [6, 6.07) is 5.53. The van der Waals surface area contributed by atoms with Crippen LogP contribution in [0, 0.1) is 0 Å². The number of ether oxygens (including phenoxy) is 2. The van der Waals surface area contributed by atoms with Crippen molar-refractivity contribution in [3.63, 3.8) is 0 Å². The van der Waals surface area contributed by atoms with Crippen molar-refractivity contribution in [2.75, 3.05) is 27.3 Å². The molecular weight excluding hydrogens is 296 g/mol. The summed E-state index contributed by atoms with van der Waals surface area (Å²) in [5.74, 6) is 1.16. The summed E-state index contributed by atoms with van der Waals surface area (Å²) in [5.41, 5.74) is 0.923. The monoisotopic (exact) mass is 322 g/mol. The van der Waals surface area contributed by atoms with Gasteiger partial charge in [-0.15, -0.1) is 0 Å². The van der Waals surface area contributed by atoms with Gasteiger partial charge in [-0.2, -0.15) is 0 Å². The number of rotatable bonds is 9. The molecule has 128 valence electrons. The summed E-state index contributed by atoms with van der Waals surface area (Å²) in [4.78, 5) is 25.1. The van der Waals surface area contributed by atoms with E-state index in [2.05, 4.69) is 5.32 Å². The maximum absolute atomic E-state index is 11.8. The molecule has 1 rings (SSSR count). The Morgan fingerprint density at radius 2 is 1.87 bits per heavy atom. The van der Waals surface area contributed by atoms with Crippen LogP contribution in [0.15, 0.2) is 18.2 Å². The molecule has 0 fully saturated rings. The van der Waals surface area contributed by atoms with Crippen molar-refractivity contribution in [3.05, 3.63) is 23.8 Å². The smallest absolute Gasteiger partial charge is 0.221 e. The number of nitrogens with zero attached hydrogens (tertiary/aromatic N) is 1. The summed E-state index contributed by atoms with van der Waals surface area (Å²) in [7, 11) is 3.15. The first-order chi connectivity index (χ1) is 11.0. The van der Waals surface area contributed by atoms with E-state index in [1.54, 1.807) is 25.2 Å². The van der Waals surface area contributed by atoms with Crippen molar-refractivity contribution < 1.29 is 19.1 Å². The predicted octanol–water partition coefficient (Wildman–Crippen LogP) is 1.97. The fourth-order valence-corrected chi connectivity index (χ4v) is 2.14. The van der Waals surface area contributed by atoms with Gasteiger partial charge in [0.05, 0.1) is 14.2 Å². The fourth-order valence-electron chi connectivity index (χ4n) is 2.14. The molecule has 0 unspecified atom stereocenters. The molecule has 0 aromatic heterocycles. The summed E-state index contributed by atoms with van der Waals surface area (Å²) in [6.45, 7) is 4.98. The number of carbonyl (C=O) groups excluding carboxylic acids is 2. The van der Waals surface area contributed by atoms with Crippen molar-refractivity contribution in [2.24, 2.45) is 0 Å². The third-order valence-electron chi connectivity index (χ3n) is 3.45. The van der Waals surface area contributed by atoms with Gasteiger partial charge in [-0.3, -0.25) is 9.59 Å². The van der Waals surface area contributed by atoms with Gasteiger partial charge in [0.1, 0.15) is 0 Å². The van der Waals surface area contributed by atoms with Crippen molar-refractivity contribution in [1.29, 1.82) is 0 Å². The Kier molecular flexibility index (Phi) is 7.94. The van der Waals surface area contributed by atoms with Gasteiger partial charge in [-0.25, -0.2) is 0 Å². The van der Waals surface area contributed by atoms with Crippen LogP contribution in [0.5, 0.6) is 11.5 Å². The molecule has 0 saturated carbocycles. The molecule has 0 radical (unpaired) electrons. The van der Waals surface area contributed by atoms with E-state index in [4.69, 9.17) is 9.47 Å².